The monoisotopic (exact) mass is 250 g/mol. The van der Waals surface area contributed by atoms with Gasteiger partial charge in [0.25, 0.3) is 0 Å². The van der Waals surface area contributed by atoms with Crippen LogP contribution in [-0.4, -0.2) is 11.9 Å². The first-order valence-electron chi connectivity index (χ1n) is 6.52. The predicted molar refractivity (Wildman–Crippen MR) is 70.0 cm³/mol. The summed E-state index contributed by atoms with van der Waals surface area (Å²) in [6.07, 6.45) is 6.97. The molecule has 4 heteroatoms. The van der Waals surface area contributed by atoms with E-state index in [2.05, 4.69) is 5.32 Å². The SMILES string of the molecule is NC(=O)c1ccc(F)c(NC2CCCCCC2)c1. The number of halogens is 1. The van der Waals surface area contributed by atoms with Gasteiger partial charge in [-0.1, -0.05) is 25.7 Å². The van der Waals surface area contributed by atoms with E-state index in [1.54, 1.807) is 0 Å². The molecular weight excluding hydrogens is 231 g/mol. The van der Waals surface area contributed by atoms with Crippen LogP contribution in [0.3, 0.4) is 0 Å². The molecule has 1 aliphatic carbocycles. The van der Waals surface area contributed by atoms with E-state index in [1.807, 2.05) is 0 Å². The molecule has 1 aromatic rings. The lowest BCUT2D eigenvalue weighted by Crippen LogP contribution is -2.20. The zero-order chi connectivity index (χ0) is 13.0. The minimum atomic E-state index is -0.529. The number of carbonyl (C=O) groups is 1. The van der Waals surface area contributed by atoms with Gasteiger partial charge in [0.15, 0.2) is 0 Å². The Morgan fingerprint density at radius 3 is 2.50 bits per heavy atom. The Morgan fingerprint density at radius 1 is 1.22 bits per heavy atom. The molecule has 2 rings (SSSR count). The highest BCUT2D eigenvalue weighted by atomic mass is 19.1. The first-order chi connectivity index (χ1) is 8.66. The van der Waals surface area contributed by atoms with Crippen molar-refractivity contribution in [3.05, 3.63) is 29.6 Å². The van der Waals surface area contributed by atoms with Gasteiger partial charge < -0.3 is 11.1 Å². The quantitative estimate of drug-likeness (QED) is 0.810. The fraction of sp³-hybridized carbons (Fsp3) is 0.500. The fourth-order valence-electron chi connectivity index (χ4n) is 2.43. The number of hydrogen-bond donors (Lipinski definition) is 2. The van der Waals surface area contributed by atoms with Crippen molar-refractivity contribution in [2.75, 3.05) is 5.32 Å². The van der Waals surface area contributed by atoms with Crippen molar-refractivity contribution in [3.8, 4) is 0 Å². The van der Waals surface area contributed by atoms with Crippen LogP contribution in [0.15, 0.2) is 18.2 Å². The second-order valence-corrected chi connectivity index (χ2v) is 4.89. The van der Waals surface area contributed by atoms with E-state index in [0.29, 0.717) is 17.3 Å². The van der Waals surface area contributed by atoms with Crippen molar-refractivity contribution in [1.29, 1.82) is 0 Å². The zero-order valence-corrected chi connectivity index (χ0v) is 10.4. The zero-order valence-electron chi connectivity index (χ0n) is 10.4. The molecule has 0 heterocycles. The summed E-state index contributed by atoms with van der Waals surface area (Å²) in [7, 11) is 0. The van der Waals surface area contributed by atoms with E-state index < -0.39 is 5.91 Å². The number of nitrogens with one attached hydrogen (secondary N) is 1. The van der Waals surface area contributed by atoms with Crippen LogP contribution >= 0.6 is 0 Å². The van der Waals surface area contributed by atoms with Crippen LogP contribution in [0.5, 0.6) is 0 Å². The third-order valence-electron chi connectivity index (χ3n) is 3.47. The molecule has 1 fully saturated rings. The Bertz CT molecular complexity index is 426. The van der Waals surface area contributed by atoms with Gasteiger partial charge >= 0.3 is 0 Å². The highest BCUT2D eigenvalue weighted by molar-refractivity contribution is 5.93. The van der Waals surface area contributed by atoms with Gasteiger partial charge in [-0.15, -0.1) is 0 Å². The molecule has 0 aromatic heterocycles. The molecule has 0 atom stereocenters. The highest BCUT2D eigenvalue weighted by Gasteiger charge is 2.14. The van der Waals surface area contributed by atoms with E-state index in [-0.39, 0.29) is 5.82 Å². The fourth-order valence-corrected chi connectivity index (χ4v) is 2.43. The number of rotatable bonds is 3. The molecule has 0 bridgehead atoms. The Morgan fingerprint density at radius 2 is 1.89 bits per heavy atom. The molecule has 1 saturated carbocycles. The lowest BCUT2D eigenvalue weighted by atomic mass is 10.1. The summed E-state index contributed by atoms with van der Waals surface area (Å²) in [6, 6.07) is 4.50. The van der Waals surface area contributed by atoms with Crippen molar-refractivity contribution in [2.45, 2.75) is 44.6 Å². The highest BCUT2D eigenvalue weighted by Crippen LogP contribution is 2.23. The van der Waals surface area contributed by atoms with Crippen molar-refractivity contribution < 1.29 is 9.18 Å². The van der Waals surface area contributed by atoms with E-state index in [4.69, 9.17) is 5.73 Å². The van der Waals surface area contributed by atoms with Crippen LogP contribution in [0.2, 0.25) is 0 Å². The van der Waals surface area contributed by atoms with Crippen molar-refractivity contribution in [3.63, 3.8) is 0 Å². The summed E-state index contributed by atoms with van der Waals surface area (Å²) in [4.78, 5) is 11.1. The summed E-state index contributed by atoms with van der Waals surface area (Å²) in [6.45, 7) is 0. The Kier molecular flexibility index (Phi) is 4.18. The molecule has 1 aliphatic rings. The standard InChI is InChI=1S/C14H19FN2O/c15-12-8-7-10(14(16)18)9-13(12)17-11-5-3-1-2-4-6-11/h7-9,11,17H,1-6H2,(H2,16,18). The summed E-state index contributed by atoms with van der Waals surface area (Å²) in [5.74, 6) is -0.858. The first kappa shape index (κ1) is 12.9. The molecule has 3 N–H and O–H groups in total. The molecule has 98 valence electrons. The van der Waals surface area contributed by atoms with Crippen LogP contribution in [-0.2, 0) is 0 Å². The molecule has 0 aliphatic heterocycles. The number of anilines is 1. The van der Waals surface area contributed by atoms with Crippen LogP contribution < -0.4 is 11.1 Å². The van der Waals surface area contributed by atoms with Gasteiger partial charge in [0.1, 0.15) is 5.82 Å². The number of nitrogens with two attached hydrogens (primary N) is 1. The smallest absolute Gasteiger partial charge is 0.248 e. The molecule has 1 aromatic carbocycles. The summed E-state index contributed by atoms with van der Waals surface area (Å²) in [5.41, 5.74) is 5.93. The van der Waals surface area contributed by atoms with E-state index in [0.717, 1.165) is 12.8 Å². The second-order valence-electron chi connectivity index (χ2n) is 4.89. The van der Waals surface area contributed by atoms with Gasteiger partial charge in [-0.2, -0.15) is 0 Å². The Hall–Kier alpha value is -1.58. The Labute approximate surface area is 107 Å². The van der Waals surface area contributed by atoms with E-state index >= 15 is 0 Å². The number of benzene rings is 1. The van der Waals surface area contributed by atoms with Crippen LogP contribution in [0.25, 0.3) is 0 Å². The molecule has 18 heavy (non-hydrogen) atoms. The summed E-state index contributed by atoms with van der Waals surface area (Å²) < 4.78 is 13.7. The average molecular weight is 250 g/mol. The first-order valence-corrected chi connectivity index (χ1v) is 6.52. The maximum absolute atomic E-state index is 13.7. The largest absolute Gasteiger partial charge is 0.380 e. The molecule has 0 unspecified atom stereocenters. The van der Waals surface area contributed by atoms with Gasteiger partial charge in [-0.05, 0) is 31.0 Å². The molecule has 0 radical (unpaired) electrons. The van der Waals surface area contributed by atoms with Crippen LogP contribution in [0.1, 0.15) is 48.9 Å². The van der Waals surface area contributed by atoms with Crippen LogP contribution in [0, 0.1) is 5.82 Å². The third kappa shape index (κ3) is 3.22. The molecule has 1 amide bonds. The van der Waals surface area contributed by atoms with Gasteiger partial charge in [0.05, 0.1) is 5.69 Å². The van der Waals surface area contributed by atoms with Crippen molar-refractivity contribution in [2.24, 2.45) is 5.73 Å². The third-order valence-corrected chi connectivity index (χ3v) is 3.47. The maximum atomic E-state index is 13.7. The number of hydrogen-bond acceptors (Lipinski definition) is 2. The average Bonchev–Trinajstić information content (AvgIpc) is 2.60. The van der Waals surface area contributed by atoms with E-state index in [9.17, 15) is 9.18 Å². The predicted octanol–water partition coefficient (Wildman–Crippen LogP) is 3.06. The summed E-state index contributed by atoms with van der Waals surface area (Å²) >= 11 is 0. The van der Waals surface area contributed by atoms with Gasteiger partial charge in [0, 0.05) is 11.6 Å². The number of primary amides is 1. The Balaban J connectivity index is 2.11. The number of carbonyl (C=O) groups excluding carboxylic acids is 1. The normalized spacial score (nSPS) is 17.2. The van der Waals surface area contributed by atoms with Crippen LogP contribution in [0.4, 0.5) is 10.1 Å². The number of amides is 1. The maximum Gasteiger partial charge on any atom is 0.248 e. The minimum Gasteiger partial charge on any atom is -0.380 e. The summed E-state index contributed by atoms with van der Waals surface area (Å²) in [5, 5.41) is 3.20. The molecule has 0 saturated heterocycles. The molecule has 0 spiro atoms. The molecular formula is C14H19FN2O. The lowest BCUT2D eigenvalue weighted by Gasteiger charge is -2.18. The minimum absolute atomic E-state index is 0.296. The molecule has 3 nitrogen and oxygen atoms in total. The van der Waals surface area contributed by atoms with Crippen molar-refractivity contribution in [1.82, 2.24) is 0 Å². The lowest BCUT2D eigenvalue weighted by molar-refractivity contribution is 0.100. The van der Waals surface area contributed by atoms with E-state index in [1.165, 1.54) is 43.9 Å². The van der Waals surface area contributed by atoms with Gasteiger partial charge in [-0.3, -0.25) is 4.79 Å². The van der Waals surface area contributed by atoms with Gasteiger partial charge in [-0.25, -0.2) is 4.39 Å². The van der Waals surface area contributed by atoms with Gasteiger partial charge in [0.2, 0.25) is 5.91 Å². The van der Waals surface area contributed by atoms with Crippen molar-refractivity contribution >= 4 is 11.6 Å². The topological polar surface area (TPSA) is 55.1 Å². The second kappa shape index (κ2) is 5.85.